The van der Waals surface area contributed by atoms with Gasteiger partial charge in [0.05, 0.1) is 0 Å². The molecule has 0 radical (unpaired) electrons. The van der Waals surface area contributed by atoms with Gasteiger partial charge in [0.2, 0.25) is 0 Å². The highest BCUT2D eigenvalue weighted by Gasteiger charge is 2.37. The van der Waals surface area contributed by atoms with Crippen molar-refractivity contribution < 1.29 is 9.53 Å². The normalized spacial score (nSPS) is 16.9. The SMILES string of the molecule is CCCC#CC(=O)OC1(c2ccccc2)CCNCC1. The Kier molecular flexibility index (Phi) is 5.20. The zero-order chi connectivity index (χ0) is 14.3. The Balaban J connectivity index is 2.16. The van der Waals surface area contributed by atoms with Crippen LogP contribution in [-0.4, -0.2) is 19.1 Å². The van der Waals surface area contributed by atoms with Crippen LogP contribution in [0, 0.1) is 11.8 Å². The number of esters is 1. The molecule has 3 heteroatoms. The highest BCUT2D eigenvalue weighted by atomic mass is 16.6. The summed E-state index contributed by atoms with van der Waals surface area (Å²) >= 11 is 0. The molecule has 2 rings (SSSR count). The Morgan fingerprint density at radius 2 is 2.00 bits per heavy atom. The summed E-state index contributed by atoms with van der Waals surface area (Å²) in [7, 11) is 0. The lowest BCUT2D eigenvalue weighted by Gasteiger charge is -2.36. The molecule has 1 fully saturated rings. The molecule has 1 saturated heterocycles. The number of hydrogen-bond donors (Lipinski definition) is 1. The van der Waals surface area contributed by atoms with Gasteiger partial charge in [-0.15, -0.1) is 0 Å². The Morgan fingerprint density at radius 3 is 2.65 bits per heavy atom. The van der Waals surface area contributed by atoms with Gasteiger partial charge in [-0.1, -0.05) is 43.2 Å². The maximum absolute atomic E-state index is 11.9. The van der Waals surface area contributed by atoms with Crippen molar-refractivity contribution in [2.45, 2.75) is 38.2 Å². The van der Waals surface area contributed by atoms with Gasteiger partial charge in [0.25, 0.3) is 0 Å². The number of benzene rings is 1. The minimum absolute atomic E-state index is 0.413. The Bertz CT molecular complexity index is 493. The number of hydrogen-bond acceptors (Lipinski definition) is 3. The van der Waals surface area contributed by atoms with E-state index < -0.39 is 11.6 Å². The second-order valence-electron chi connectivity index (χ2n) is 5.05. The lowest BCUT2D eigenvalue weighted by molar-refractivity contribution is -0.156. The van der Waals surface area contributed by atoms with Crippen molar-refractivity contribution >= 4 is 5.97 Å². The summed E-state index contributed by atoms with van der Waals surface area (Å²) in [6, 6.07) is 9.99. The van der Waals surface area contributed by atoms with Gasteiger partial charge in [0.1, 0.15) is 5.60 Å². The second kappa shape index (κ2) is 7.12. The molecule has 3 nitrogen and oxygen atoms in total. The molecule has 1 aliphatic heterocycles. The van der Waals surface area contributed by atoms with Crippen molar-refractivity contribution in [2.75, 3.05) is 13.1 Å². The first-order valence-corrected chi connectivity index (χ1v) is 7.25. The minimum Gasteiger partial charge on any atom is -0.444 e. The van der Waals surface area contributed by atoms with Crippen molar-refractivity contribution in [2.24, 2.45) is 0 Å². The van der Waals surface area contributed by atoms with Crippen LogP contribution >= 0.6 is 0 Å². The van der Waals surface area contributed by atoms with E-state index in [2.05, 4.69) is 17.2 Å². The third-order valence-electron chi connectivity index (χ3n) is 3.56. The van der Waals surface area contributed by atoms with Crippen LogP contribution in [0.25, 0.3) is 0 Å². The number of unbranched alkanes of at least 4 members (excludes halogenated alkanes) is 1. The summed E-state index contributed by atoms with van der Waals surface area (Å²) in [5.74, 6) is 5.03. The molecule has 1 aromatic rings. The number of rotatable bonds is 3. The van der Waals surface area contributed by atoms with Crippen LogP contribution < -0.4 is 5.32 Å². The average Bonchev–Trinajstić information content (AvgIpc) is 2.49. The first kappa shape index (κ1) is 14.6. The maximum Gasteiger partial charge on any atom is 0.385 e. The van der Waals surface area contributed by atoms with Crippen molar-refractivity contribution in [3.05, 3.63) is 35.9 Å². The maximum atomic E-state index is 11.9. The summed E-state index contributed by atoms with van der Waals surface area (Å²) in [4.78, 5) is 11.9. The van der Waals surface area contributed by atoms with Crippen LogP contribution in [0.4, 0.5) is 0 Å². The van der Waals surface area contributed by atoms with Crippen molar-refractivity contribution in [3.8, 4) is 11.8 Å². The van der Waals surface area contributed by atoms with Crippen LogP contribution in [0.1, 0.15) is 38.2 Å². The van der Waals surface area contributed by atoms with Gasteiger partial charge in [-0.3, -0.25) is 0 Å². The van der Waals surface area contributed by atoms with E-state index in [4.69, 9.17) is 4.74 Å². The Morgan fingerprint density at radius 1 is 1.30 bits per heavy atom. The van der Waals surface area contributed by atoms with E-state index in [0.717, 1.165) is 44.3 Å². The van der Waals surface area contributed by atoms with Crippen LogP contribution in [0.5, 0.6) is 0 Å². The van der Waals surface area contributed by atoms with E-state index in [9.17, 15) is 4.79 Å². The van der Waals surface area contributed by atoms with E-state index in [0.29, 0.717) is 0 Å². The van der Waals surface area contributed by atoms with Crippen LogP contribution in [-0.2, 0) is 15.1 Å². The smallest absolute Gasteiger partial charge is 0.385 e. The average molecular weight is 271 g/mol. The molecule has 0 unspecified atom stereocenters. The van der Waals surface area contributed by atoms with Gasteiger partial charge in [-0.25, -0.2) is 4.79 Å². The fraction of sp³-hybridized carbons (Fsp3) is 0.471. The standard InChI is InChI=1S/C17H21NO2/c1-2-3-5-10-16(19)20-17(11-13-18-14-12-17)15-8-6-4-7-9-15/h4,6-9,18H,2-3,11-14H2,1H3. The lowest BCUT2D eigenvalue weighted by atomic mass is 9.85. The fourth-order valence-corrected chi connectivity index (χ4v) is 2.48. The van der Waals surface area contributed by atoms with Gasteiger partial charge >= 0.3 is 5.97 Å². The number of nitrogens with one attached hydrogen (secondary N) is 1. The summed E-state index contributed by atoms with van der Waals surface area (Å²) in [5.41, 5.74) is 0.539. The van der Waals surface area contributed by atoms with E-state index >= 15 is 0 Å². The van der Waals surface area contributed by atoms with Crippen molar-refractivity contribution in [3.63, 3.8) is 0 Å². The second-order valence-corrected chi connectivity index (χ2v) is 5.05. The van der Waals surface area contributed by atoms with Gasteiger partial charge in [-0.2, -0.15) is 0 Å². The number of ether oxygens (including phenoxy) is 1. The van der Waals surface area contributed by atoms with Gasteiger partial charge in [-0.05, 0) is 25.1 Å². The molecule has 1 aliphatic rings. The van der Waals surface area contributed by atoms with Crippen molar-refractivity contribution in [1.29, 1.82) is 0 Å². The van der Waals surface area contributed by atoms with Crippen molar-refractivity contribution in [1.82, 2.24) is 5.32 Å². The van der Waals surface area contributed by atoms with E-state index in [1.54, 1.807) is 0 Å². The molecule has 0 aliphatic carbocycles. The summed E-state index contributed by atoms with van der Waals surface area (Å²) < 4.78 is 5.76. The topological polar surface area (TPSA) is 38.3 Å². The first-order chi connectivity index (χ1) is 9.77. The molecular weight excluding hydrogens is 250 g/mol. The summed E-state index contributed by atoms with van der Waals surface area (Å²) in [5, 5.41) is 3.31. The zero-order valence-corrected chi connectivity index (χ0v) is 11.9. The molecule has 20 heavy (non-hydrogen) atoms. The number of carbonyl (C=O) groups excluding carboxylic acids is 1. The lowest BCUT2D eigenvalue weighted by Crippen LogP contribution is -2.43. The monoisotopic (exact) mass is 271 g/mol. The molecule has 1 heterocycles. The highest BCUT2D eigenvalue weighted by Crippen LogP contribution is 2.34. The highest BCUT2D eigenvalue weighted by molar-refractivity contribution is 5.88. The number of carbonyl (C=O) groups is 1. The third-order valence-corrected chi connectivity index (χ3v) is 3.56. The third kappa shape index (κ3) is 3.61. The molecule has 0 saturated carbocycles. The summed E-state index contributed by atoms with van der Waals surface area (Å²) in [6.45, 7) is 3.74. The molecule has 1 aromatic carbocycles. The van der Waals surface area contributed by atoms with Crippen LogP contribution in [0.15, 0.2) is 30.3 Å². The van der Waals surface area contributed by atoms with Crippen LogP contribution in [0.2, 0.25) is 0 Å². The molecule has 1 N–H and O–H groups in total. The molecule has 106 valence electrons. The molecule has 0 spiro atoms. The van der Waals surface area contributed by atoms with E-state index in [-0.39, 0.29) is 0 Å². The van der Waals surface area contributed by atoms with Gasteiger partial charge < -0.3 is 10.1 Å². The molecule has 0 atom stereocenters. The number of piperidine rings is 1. The molecule has 0 aromatic heterocycles. The fourth-order valence-electron chi connectivity index (χ4n) is 2.48. The molecule has 0 amide bonds. The predicted molar refractivity (Wildman–Crippen MR) is 79.0 cm³/mol. The Labute approximate surface area is 120 Å². The summed E-state index contributed by atoms with van der Waals surface area (Å²) in [6.07, 6.45) is 3.26. The molecule has 0 bridgehead atoms. The van der Waals surface area contributed by atoms with E-state index in [1.165, 1.54) is 0 Å². The molecular formula is C17H21NO2. The van der Waals surface area contributed by atoms with Crippen LogP contribution in [0.3, 0.4) is 0 Å². The predicted octanol–water partition coefficient (Wildman–Crippen LogP) is 2.61. The van der Waals surface area contributed by atoms with Gasteiger partial charge in [0.15, 0.2) is 0 Å². The Hall–Kier alpha value is -1.79. The zero-order valence-electron chi connectivity index (χ0n) is 11.9. The van der Waals surface area contributed by atoms with E-state index in [1.807, 2.05) is 37.3 Å². The minimum atomic E-state index is -0.523. The first-order valence-electron chi connectivity index (χ1n) is 7.25. The quantitative estimate of drug-likeness (QED) is 0.522. The largest absolute Gasteiger partial charge is 0.444 e. The van der Waals surface area contributed by atoms with Gasteiger partial charge in [0, 0.05) is 25.2 Å².